The van der Waals surface area contributed by atoms with E-state index in [-0.39, 0.29) is 11.5 Å². The van der Waals surface area contributed by atoms with Crippen molar-refractivity contribution >= 4 is 17.5 Å². The number of hydrogen-bond donors (Lipinski definition) is 3. The number of aromatic nitrogens is 2. The van der Waals surface area contributed by atoms with Crippen molar-refractivity contribution in [3.8, 4) is 11.3 Å². The topological polar surface area (TPSA) is 110 Å². The molecule has 0 radical (unpaired) electrons. The fourth-order valence-electron chi connectivity index (χ4n) is 3.02. The van der Waals surface area contributed by atoms with Crippen molar-refractivity contribution in [2.24, 2.45) is 5.73 Å². The summed E-state index contributed by atoms with van der Waals surface area (Å²) in [7, 11) is 0. The lowest BCUT2D eigenvalue weighted by atomic mass is 10.1. The molecule has 7 heteroatoms. The van der Waals surface area contributed by atoms with Crippen LogP contribution in [0.5, 0.6) is 0 Å². The van der Waals surface area contributed by atoms with E-state index in [0.717, 1.165) is 41.7 Å². The van der Waals surface area contributed by atoms with Crippen LogP contribution < -0.4 is 11.1 Å². The first-order valence-corrected chi connectivity index (χ1v) is 9.35. The standard InChI is InChI=1S/C21H24N4O3/c22-11-3-1-2-6-19(26)23-13-17-5-4-12-25-14-18(24-20(17)25)15-7-9-16(10-8-15)21(27)28/h4-5,7-10,12,14H,1-3,6,11,13,22H2,(H,23,26)(H,27,28). The van der Waals surface area contributed by atoms with Gasteiger partial charge in [0.15, 0.2) is 0 Å². The minimum atomic E-state index is -0.956. The fraction of sp³-hybridized carbons (Fsp3) is 0.286. The predicted octanol–water partition coefficient (Wildman–Crippen LogP) is 2.83. The van der Waals surface area contributed by atoms with Gasteiger partial charge in [-0.25, -0.2) is 9.78 Å². The molecule has 0 bridgehead atoms. The molecule has 0 saturated carbocycles. The normalized spacial score (nSPS) is 10.9. The summed E-state index contributed by atoms with van der Waals surface area (Å²) in [6, 6.07) is 10.5. The molecule has 1 amide bonds. The molecule has 0 spiro atoms. The van der Waals surface area contributed by atoms with Crippen molar-refractivity contribution in [3.05, 3.63) is 59.9 Å². The number of fused-ring (bicyclic) bond motifs is 1. The van der Waals surface area contributed by atoms with Gasteiger partial charge in [-0.1, -0.05) is 24.6 Å². The number of amides is 1. The first-order chi connectivity index (χ1) is 13.6. The Hall–Kier alpha value is -3.19. The number of unbranched alkanes of at least 4 members (excludes halogenated alkanes) is 2. The SMILES string of the molecule is NCCCCCC(=O)NCc1cccn2cc(-c3ccc(C(=O)O)cc3)nc12. The van der Waals surface area contributed by atoms with Gasteiger partial charge in [0, 0.05) is 36.5 Å². The number of aromatic carboxylic acids is 1. The molecular formula is C21H24N4O3. The van der Waals surface area contributed by atoms with Gasteiger partial charge in [-0.3, -0.25) is 4.79 Å². The molecule has 28 heavy (non-hydrogen) atoms. The van der Waals surface area contributed by atoms with Gasteiger partial charge < -0.3 is 20.6 Å². The lowest BCUT2D eigenvalue weighted by Crippen LogP contribution is -2.22. The molecule has 4 N–H and O–H groups in total. The fourth-order valence-corrected chi connectivity index (χ4v) is 3.02. The van der Waals surface area contributed by atoms with Crippen LogP contribution in [0.2, 0.25) is 0 Å². The molecule has 3 aromatic rings. The lowest BCUT2D eigenvalue weighted by molar-refractivity contribution is -0.121. The molecular weight excluding hydrogens is 356 g/mol. The zero-order chi connectivity index (χ0) is 19.9. The number of rotatable bonds is 9. The summed E-state index contributed by atoms with van der Waals surface area (Å²) in [5.74, 6) is -0.933. The van der Waals surface area contributed by atoms with Gasteiger partial charge in [0.1, 0.15) is 5.65 Å². The molecule has 0 unspecified atom stereocenters. The van der Waals surface area contributed by atoms with E-state index in [1.165, 1.54) is 0 Å². The van der Waals surface area contributed by atoms with Crippen molar-refractivity contribution in [1.82, 2.24) is 14.7 Å². The number of carbonyl (C=O) groups is 2. The molecule has 146 valence electrons. The average molecular weight is 380 g/mol. The summed E-state index contributed by atoms with van der Waals surface area (Å²) in [5.41, 5.74) is 8.97. The largest absolute Gasteiger partial charge is 0.478 e. The molecule has 0 fully saturated rings. The Labute approximate surface area is 163 Å². The minimum absolute atomic E-state index is 0.0232. The number of imidazole rings is 1. The zero-order valence-electron chi connectivity index (χ0n) is 15.6. The third-order valence-electron chi connectivity index (χ3n) is 4.58. The third-order valence-corrected chi connectivity index (χ3v) is 4.58. The highest BCUT2D eigenvalue weighted by Crippen LogP contribution is 2.21. The van der Waals surface area contributed by atoms with Crippen molar-refractivity contribution in [3.63, 3.8) is 0 Å². The molecule has 7 nitrogen and oxygen atoms in total. The van der Waals surface area contributed by atoms with Gasteiger partial charge in [-0.05, 0) is 37.6 Å². The first kappa shape index (κ1) is 19.6. The average Bonchev–Trinajstić information content (AvgIpc) is 3.14. The number of carboxylic acid groups (broad SMARTS) is 1. The van der Waals surface area contributed by atoms with Crippen molar-refractivity contribution < 1.29 is 14.7 Å². The van der Waals surface area contributed by atoms with Crippen molar-refractivity contribution in [2.45, 2.75) is 32.2 Å². The number of carbonyl (C=O) groups excluding carboxylic acids is 1. The maximum Gasteiger partial charge on any atom is 0.335 e. The van der Waals surface area contributed by atoms with E-state index >= 15 is 0 Å². The van der Waals surface area contributed by atoms with Crippen molar-refractivity contribution in [1.29, 1.82) is 0 Å². The molecule has 0 atom stereocenters. The number of nitrogens with two attached hydrogens (primary N) is 1. The van der Waals surface area contributed by atoms with Gasteiger partial charge in [-0.15, -0.1) is 0 Å². The molecule has 0 saturated heterocycles. The van der Waals surface area contributed by atoms with E-state index in [2.05, 4.69) is 10.3 Å². The quantitative estimate of drug-likeness (QED) is 0.495. The summed E-state index contributed by atoms with van der Waals surface area (Å²) >= 11 is 0. The van der Waals surface area contributed by atoms with Gasteiger partial charge in [0.05, 0.1) is 11.3 Å². The second-order valence-electron chi connectivity index (χ2n) is 6.65. The van der Waals surface area contributed by atoms with Gasteiger partial charge in [0.2, 0.25) is 5.91 Å². The van der Waals surface area contributed by atoms with Gasteiger partial charge >= 0.3 is 5.97 Å². The highest BCUT2D eigenvalue weighted by Gasteiger charge is 2.10. The van der Waals surface area contributed by atoms with E-state index < -0.39 is 5.97 Å². The number of benzene rings is 1. The minimum Gasteiger partial charge on any atom is -0.478 e. The van der Waals surface area contributed by atoms with Crippen LogP contribution in [-0.4, -0.2) is 32.9 Å². The number of pyridine rings is 1. The van der Waals surface area contributed by atoms with Crippen LogP contribution in [0.3, 0.4) is 0 Å². The van der Waals surface area contributed by atoms with Crippen LogP contribution in [0, 0.1) is 0 Å². The summed E-state index contributed by atoms with van der Waals surface area (Å²) in [5, 5.41) is 12.0. The van der Waals surface area contributed by atoms with E-state index in [1.54, 1.807) is 24.3 Å². The van der Waals surface area contributed by atoms with E-state index in [4.69, 9.17) is 10.8 Å². The Balaban J connectivity index is 1.71. The van der Waals surface area contributed by atoms with E-state index in [0.29, 0.717) is 19.5 Å². The monoisotopic (exact) mass is 380 g/mol. The van der Waals surface area contributed by atoms with Crippen LogP contribution in [0.15, 0.2) is 48.8 Å². The molecule has 3 rings (SSSR count). The molecule has 2 heterocycles. The molecule has 0 aliphatic rings. The lowest BCUT2D eigenvalue weighted by Gasteiger charge is -2.06. The third kappa shape index (κ3) is 4.75. The Morgan fingerprint density at radius 2 is 1.89 bits per heavy atom. The Morgan fingerprint density at radius 3 is 2.61 bits per heavy atom. The number of carboxylic acids is 1. The van der Waals surface area contributed by atoms with E-state index in [9.17, 15) is 9.59 Å². The Morgan fingerprint density at radius 1 is 1.11 bits per heavy atom. The summed E-state index contributed by atoms with van der Waals surface area (Å²) in [6.45, 7) is 1.07. The zero-order valence-corrected chi connectivity index (χ0v) is 15.6. The first-order valence-electron chi connectivity index (χ1n) is 9.35. The second kappa shape index (κ2) is 9.14. The van der Waals surface area contributed by atoms with Crippen LogP contribution in [-0.2, 0) is 11.3 Å². The molecule has 2 aromatic heterocycles. The summed E-state index contributed by atoms with van der Waals surface area (Å²) < 4.78 is 1.91. The summed E-state index contributed by atoms with van der Waals surface area (Å²) in [6.07, 6.45) is 7.03. The van der Waals surface area contributed by atoms with Gasteiger partial charge in [-0.2, -0.15) is 0 Å². The maximum absolute atomic E-state index is 12.0. The molecule has 1 aromatic carbocycles. The predicted molar refractivity (Wildman–Crippen MR) is 107 cm³/mol. The van der Waals surface area contributed by atoms with E-state index in [1.807, 2.05) is 28.9 Å². The number of hydrogen-bond acceptors (Lipinski definition) is 4. The van der Waals surface area contributed by atoms with Crippen LogP contribution >= 0.6 is 0 Å². The molecule has 0 aliphatic heterocycles. The van der Waals surface area contributed by atoms with Crippen LogP contribution in [0.25, 0.3) is 16.9 Å². The number of nitrogens with zero attached hydrogens (tertiary/aromatic N) is 2. The molecule has 0 aliphatic carbocycles. The highest BCUT2D eigenvalue weighted by molar-refractivity contribution is 5.88. The second-order valence-corrected chi connectivity index (χ2v) is 6.65. The number of nitrogens with one attached hydrogen (secondary N) is 1. The maximum atomic E-state index is 12.0. The Kier molecular flexibility index (Phi) is 6.39. The van der Waals surface area contributed by atoms with Crippen LogP contribution in [0.1, 0.15) is 41.6 Å². The smallest absolute Gasteiger partial charge is 0.335 e. The summed E-state index contributed by atoms with van der Waals surface area (Å²) in [4.78, 5) is 27.7. The van der Waals surface area contributed by atoms with Gasteiger partial charge in [0.25, 0.3) is 0 Å². The van der Waals surface area contributed by atoms with Crippen molar-refractivity contribution in [2.75, 3.05) is 6.54 Å². The van der Waals surface area contributed by atoms with Crippen LogP contribution in [0.4, 0.5) is 0 Å². The highest BCUT2D eigenvalue weighted by atomic mass is 16.4. The Bertz CT molecular complexity index is 963.